The molecule has 3 aromatic heterocycles. The van der Waals surface area contributed by atoms with Gasteiger partial charge in [-0.15, -0.1) is 0 Å². The molecular weight excluding hydrogens is 772 g/mol. The molecule has 0 saturated heterocycles. The van der Waals surface area contributed by atoms with E-state index in [1.807, 2.05) is 6.07 Å². The summed E-state index contributed by atoms with van der Waals surface area (Å²) < 4.78 is 11.9. The molecule has 3 nitrogen and oxygen atoms in total. The van der Waals surface area contributed by atoms with E-state index in [1.165, 1.54) is 57.8 Å². The van der Waals surface area contributed by atoms with E-state index in [0.29, 0.717) is 14.5 Å². The zero-order chi connectivity index (χ0) is 38.2. The Bertz CT molecular complexity index is 3500. The van der Waals surface area contributed by atoms with Gasteiger partial charge in [0, 0.05) is 16.5 Å². The molecule has 0 aliphatic heterocycles. The number of aromatic nitrogens is 1. The van der Waals surface area contributed by atoms with Crippen LogP contribution in [-0.2, 0) is 0 Å². The van der Waals surface area contributed by atoms with Gasteiger partial charge in [-0.1, -0.05) is 66.7 Å². The van der Waals surface area contributed by atoms with Crippen LogP contribution in [0.25, 0.3) is 91.0 Å². The molecule has 58 heavy (non-hydrogen) atoms. The summed E-state index contributed by atoms with van der Waals surface area (Å²) in [6, 6.07) is 74.8. The molecule has 272 valence electrons. The number of benzene rings is 9. The normalized spacial score (nSPS) is 11.8. The van der Waals surface area contributed by atoms with Crippen LogP contribution in [-0.4, -0.2) is 19.1 Å². The van der Waals surface area contributed by atoms with Crippen molar-refractivity contribution in [1.82, 2.24) is 4.57 Å². The molecule has 9 aromatic carbocycles. The quantitative estimate of drug-likeness (QED) is 0.156. The molecule has 0 aliphatic rings. The van der Waals surface area contributed by atoms with Crippen molar-refractivity contribution in [3.63, 3.8) is 0 Å². The summed E-state index contributed by atoms with van der Waals surface area (Å²) in [6.45, 7) is 0. The van der Waals surface area contributed by atoms with Crippen molar-refractivity contribution in [2.24, 2.45) is 0 Å². The van der Waals surface area contributed by atoms with Gasteiger partial charge >= 0.3 is 208 Å². The molecule has 0 atom stereocenters. The minimum Gasteiger partial charge on any atom is -0.0602 e. The maximum absolute atomic E-state index is 6.63. The van der Waals surface area contributed by atoms with Gasteiger partial charge in [0.05, 0.1) is 11.0 Å². The second kappa shape index (κ2) is 13.2. The molecule has 12 rings (SSSR count). The van der Waals surface area contributed by atoms with Crippen molar-refractivity contribution in [2.45, 2.75) is 0 Å². The Labute approximate surface area is 341 Å². The maximum atomic E-state index is 6.63. The van der Waals surface area contributed by atoms with Gasteiger partial charge in [-0.25, -0.2) is 0 Å². The van der Waals surface area contributed by atoms with Crippen LogP contribution in [0.3, 0.4) is 0 Å². The predicted octanol–water partition coefficient (Wildman–Crippen LogP) is 14.9. The molecule has 4 heteroatoms. The van der Waals surface area contributed by atoms with Crippen molar-refractivity contribution in [2.75, 3.05) is 4.90 Å². The van der Waals surface area contributed by atoms with Gasteiger partial charge in [-0.05, 0) is 35.9 Å². The third kappa shape index (κ3) is 5.27. The van der Waals surface area contributed by atoms with E-state index in [2.05, 4.69) is 210 Å². The first-order valence-electron chi connectivity index (χ1n) is 19.7. The van der Waals surface area contributed by atoms with E-state index in [-0.39, 0.29) is 0 Å². The first kappa shape index (κ1) is 33.1. The van der Waals surface area contributed by atoms with Gasteiger partial charge in [-0.2, -0.15) is 0 Å². The molecule has 0 unspecified atom stereocenters. The van der Waals surface area contributed by atoms with Crippen molar-refractivity contribution < 1.29 is 4.42 Å². The second-order valence-corrected chi connectivity index (χ2v) is 17.2. The summed E-state index contributed by atoms with van der Waals surface area (Å²) in [5.41, 5.74) is 13.2. The Morgan fingerprint density at radius 3 is 1.72 bits per heavy atom. The predicted molar refractivity (Wildman–Crippen MR) is 246 cm³/mol. The molecule has 12 aromatic rings. The van der Waals surface area contributed by atoms with Crippen LogP contribution in [0.5, 0.6) is 0 Å². The molecular formula is C54H34N2OSe. The monoisotopic (exact) mass is 806 g/mol. The topological polar surface area (TPSA) is 21.3 Å². The number of para-hydroxylation sites is 4. The minimum atomic E-state index is 0.322. The van der Waals surface area contributed by atoms with Gasteiger partial charge in [0.25, 0.3) is 0 Å². The van der Waals surface area contributed by atoms with Crippen LogP contribution in [0.15, 0.2) is 211 Å². The summed E-state index contributed by atoms with van der Waals surface area (Å²) in [5.74, 6) is 0. The van der Waals surface area contributed by atoms with E-state index in [4.69, 9.17) is 4.42 Å². The zero-order valence-electron chi connectivity index (χ0n) is 31.3. The number of fused-ring (bicyclic) bond motifs is 9. The summed E-state index contributed by atoms with van der Waals surface area (Å²) in [7, 11) is 0. The minimum absolute atomic E-state index is 0.322. The van der Waals surface area contributed by atoms with Gasteiger partial charge in [0.15, 0.2) is 0 Å². The third-order valence-corrected chi connectivity index (χ3v) is 14.0. The molecule has 0 amide bonds. The van der Waals surface area contributed by atoms with Gasteiger partial charge in [0.1, 0.15) is 0 Å². The van der Waals surface area contributed by atoms with Gasteiger partial charge in [-0.3, -0.25) is 0 Å². The van der Waals surface area contributed by atoms with Crippen LogP contribution in [0.2, 0.25) is 0 Å². The Morgan fingerprint density at radius 1 is 0.379 bits per heavy atom. The number of nitrogens with zero attached hydrogens (tertiary/aromatic N) is 2. The van der Waals surface area contributed by atoms with Crippen LogP contribution in [0.1, 0.15) is 0 Å². The number of furan rings is 1. The number of anilines is 3. The Hall–Kier alpha value is -7.10. The molecule has 0 bridgehead atoms. The fourth-order valence-corrected chi connectivity index (χ4v) is 11.3. The second-order valence-electron chi connectivity index (χ2n) is 14.9. The van der Waals surface area contributed by atoms with Crippen LogP contribution < -0.4 is 4.90 Å². The first-order valence-corrected chi connectivity index (χ1v) is 21.4. The summed E-state index contributed by atoms with van der Waals surface area (Å²) >= 11 is 0.322. The summed E-state index contributed by atoms with van der Waals surface area (Å²) in [6.07, 6.45) is 0. The SMILES string of the molecule is c1ccc(-n2c3ccccc3c3ccc(-c4ccc(N(c5ccc(-c6ccc7c(c6)[se]c6ccccc67)cc5)c5cccc6c5oc5ccccc56)cc4)cc32)cc1. The van der Waals surface area contributed by atoms with E-state index in [1.54, 1.807) is 0 Å². The van der Waals surface area contributed by atoms with Gasteiger partial charge in [0.2, 0.25) is 0 Å². The fraction of sp³-hybridized carbons (Fsp3) is 0. The van der Waals surface area contributed by atoms with Crippen LogP contribution >= 0.6 is 0 Å². The largest absolute Gasteiger partial charge is 0.0602 e. The maximum Gasteiger partial charge on any atom is 0.0547 e. The van der Waals surface area contributed by atoms with E-state index in [9.17, 15) is 0 Å². The standard InChI is InChI=1S/C54H34N2OSe/c1-2-11-39(12-3-1)56-48-17-7-4-13-42(48)43-31-25-37(33-50(43)56)35-21-27-40(28-22-35)55(49-18-10-16-47-44-14-5-8-19-51(44)57-54(47)49)41-29-23-36(24-30-41)38-26-32-46-45-15-6-9-20-52(45)58-53(46)34-38/h1-34H. The Morgan fingerprint density at radius 2 is 0.948 bits per heavy atom. The van der Waals surface area contributed by atoms with E-state index in [0.717, 1.165) is 50.3 Å². The third-order valence-electron chi connectivity index (χ3n) is 11.6. The smallest absolute Gasteiger partial charge is 0.0547 e. The average Bonchev–Trinajstić information content (AvgIpc) is 3.97. The Kier molecular flexibility index (Phi) is 7.56. The number of hydrogen-bond acceptors (Lipinski definition) is 2. The summed E-state index contributed by atoms with van der Waals surface area (Å²) in [5, 5.41) is 7.49. The molecule has 3 heterocycles. The van der Waals surface area contributed by atoms with Crippen LogP contribution in [0, 0.1) is 0 Å². The molecule has 0 radical (unpaired) electrons. The van der Waals surface area contributed by atoms with Crippen molar-refractivity contribution in [3.05, 3.63) is 206 Å². The van der Waals surface area contributed by atoms with Crippen molar-refractivity contribution >= 4 is 94.6 Å². The molecule has 0 spiro atoms. The zero-order valence-corrected chi connectivity index (χ0v) is 33.1. The average molecular weight is 806 g/mol. The molecule has 0 saturated carbocycles. The first-order chi connectivity index (χ1) is 28.7. The van der Waals surface area contributed by atoms with Crippen LogP contribution in [0.4, 0.5) is 17.1 Å². The fourth-order valence-electron chi connectivity index (χ4n) is 8.85. The molecule has 0 aliphatic carbocycles. The van der Waals surface area contributed by atoms with Gasteiger partial charge < -0.3 is 4.57 Å². The van der Waals surface area contributed by atoms with Crippen molar-refractivity contribution in [1.29, 1.82) is 0 Å². The van der Waals surface area contributed by atoms with E-state index >= 15 is 0 Å². The van der Waals surface area contributed by atoms with E-state index < -0.39 is 0 Å². The summed E-state index contributed by atoms with van der Waals surface area (Å²) in [4.78, 5) is 2.33. The number of rotatable bonds is 6. The molecule has 0 fully saturated rings. The Balaban J connectivity index is 0.970. The number of hydrogen-bond donors (Lipinski definition) is 0. The molecule has 0 N–H and O–H groups in total. The van der Waals surface area contributed by atoms with Crippen molar-refractivity contribution in [3.8, 4) is 27.9 Å².